The van der Waals surface area contributed by atoms with Crippen LogP contribution in [0.5, 0.6) is 0 Å². The lowest BCUT2D eigenvalue weighted by Crippen LogP contribution is -2.36. The van der Waals surface area contributed by atoms with Gasteiger partial charge in [0.1, 0.15) is 21.5 Å². The van der Waals surface area contributed by atoms with Gasteiger partial charge >= 0.3 is 0 Å². The monoisotopic (exact) mass is 398 g/mol. The van der Waals surface area contributed by atoms with Crippen molar-refractivity contribution < 1.29 is 13.9 Å². The highest BCUT2D eigenvalue weighted by atomic mass is 32.1. The smallest absolute Gasteiger partial charge is 0.263 e. The molecular formula is C20H19FN4O2S. The first-order valence-corrected chi connectivity index (χ1v) is 9.79. The van der Waals surface area contributed by atoms with Gasteiger partial charge in [-0.05, 0) is 29.8 Å². The lowest BCUT2D eigenvalue weighted by Gasteiger charge is -2.28. The van der Waals surface area contributed by atoms with E-state index in [-0.39, 0.29) is 11.7 Å². The second-order valence-electron chi connectivity index (χ2n) is 6.31. The van der Waals surface area contributed by atoms with Crippen LogP contribution in [0, 0.1) is 5.82 Å². The van der Waals surface area contributed by atoms with Crippen LogP contribution < -0.4 is 10.2 Å². The van der Waals surface area contributed by atoms with E-state index in [0.717, 1.165) is 24.5 Å². The number of anilines is 1. The summed E-state index contributed by atoms with van der Waals surface area (Å²) in [6.07, 6.45) is 3.22. The van der Waals surface area contributed by atoms with Crippen molar-refractivity contribution in [2.24, 2.45) is 0 Å². The van der Waals surface area contributed by atoms with E-state index in [2.05, 4.69) is 20.2 Å². The van der Waals surface area contributed by atoms with E-state index >= 15 is 0 Å². The van der Waals surface area contributed by atoms with Crippen LogP contribution in [-0.2, 0) is 11.3 Å². The first-order valence-electron chi connectivity index (χ1n) is 8.97. The average molecular weight is 398 g/mol. The summed E-state index contributed by atoms with van der Waals surface area (Å²) in [6, 6.07) is 10.3. The number of thiazole rings is 1. The van der Waals surface area contributed by atoms with Crippen LogP contribution >= 0.6 is 11.3 Å². The highest BCUT2D eigenvalue weighted by molar-refractivity contribution is 7.16. The van der Waals surface area contributed by atoms with E-state index < -0.39 is 0 Å². The predicted molar refractivity (Wildman–Crippen MR) is 106 cm³/mol. The number of pyridine rings is 1. The molecule has 6 nitrogen and oxygen atoms in total. The topological polar surface area (TPSA) is 67.4 Å². The van der Waals surface area contributed by atoms with Gasteiger partial charge in [0, 0.05) is 31.4 Å². The fraction of sp³-hybridized carbons (Fsp3) is 0.250. The van der Waals surface area contributed by atoms with E-state index in [9.17, 15) is 9.18 Å². The quantitative estimate of drug-likeness (QED) is 0.715. The number of hydrogen-bond donors (Lipinski definition) is 1. The Kier molecular flexibility index (Phi) is 5.59. The van der Waals surface area contributed by atoms with Crippen LogP contribution in [0.25, 0.3) is 10.6 Å². The third kappa shape index (κ3) is 4.18. The number of carbonyl (C=O) groups excluding carboxylic acids is 1. The zero-order valence-corrected chi connectivity index (χ0v) is 15.9. The summed E-state index contributed by atoms with van der Waals surface area (Å²) in [5.41, 5.74) is 1.36. The molecule has 8 heteroatoms. The average Bonchev–Trinajstić information content (AvgIpc) is 3.23. The number of ether oxygens (including phenoxy) is 1. The number of carbonyl (C=O) groups is 1. The molecule has 0 spiro atoms. The summed E-state index contributed by atoms with van der Waals surface area (Å²) >= 11 is 1.17. The van der Waals surface area contributed by atoms with Crippen LogP contribution in [0.1, 0.15) is 15.2 Å². The minimum Gasteiger partial charge on any atom is -0.378 e. The van der Waals surface area contributed by atoms with Crippen LogP contribution in [0.2, 0.25) is 0 Å². The molecule has 1 N–H and O–H groups in total. The Balaban J connectivity index is 1.40. The van der Waals surface area contributed by atoms with Gasteiger partial charge < -0.3 is 15.0 Å². The van der Waals surface area contributed by atoms with Crippen molar-refractivity contribution in [3.05, 3.63) is 65.0 Å². The molecule has 1 fully saturated rings. The van der Waals surface area contributed by atoms with Gasteiger partial charge in [0.25, 0.3) is 5.91 Å². The molecule has 1 aliphatic heterocycles. The molecule has 4 rings (SSSR count). The minimum atomic E-state index is -0.351. The Morgan fingerprint density at radius 2 is 2.04 bits per heavy atom. The van der Waals surface area contributed by atoms with Crippen LogP contribution in [0.15, 0.2) is 48.8 Å². The number of benzene rings is 1. The summed E-state index contributed by atoms with van der Waals surface area (Å²) in [5, 5.41) is 3.38. The Hall–Kier alpha value is -2.84. The minimum absolute atomic E-state index is 0.232. The number of halogens is 1. The molecule has 0 unspecified atom stereocenters. The Bertz CT molecular complexity index is 972. The summed E-state index contributed by atoms with van der Waals surface area (Å²) < 4.78 is 19.3. The third-order valence-corrected chi connectivity index (χ3v) is 5.46. The molecule has 0 bridgehead atoms. The maximum atomic E-state index is 13.9. The summed E-state index contributed by atoms with van der Waals surface area (Å²) in [7, 11) is 0. The number of nitrogens with one attached hydrogen (secondary N) is 1. The fourth-order valence-corrected chi connectivity index (χ4v) is 3.80. The van der Waals surface area contributed by atoms with Crippen molar-refractivity contribution in [3.63, 3.8) is 0 Å². The van der Waals surface area contributed by atoms with E-state index in [0.29, 0.717) is 35.2 Å². The predicted octanol–water partition coefficient (Wildman–Crippen LogP) is 3.11. The van der Waals surface area contributed by atoms with Crippen molar-refractivity contribution in [2.75, 3.05) is 31.2 Å². The van der Waals surface area contributed by atoms with Crippen molar-refractivity contribution in [3.8, 4) is 10.6 Å². The maximum absolute atomic E-state index is 13.9. The zero-order valence-electron chi connectivity index (χ0n) is 15.1. The molecule has 1 aromatic carbocycles. The van der Waals surface area contributed by atoms with Gasteiger partial charge in [-0.25, -0.2) is 14.4 Å². The maximum Gasteiger partial charge on any atom is 0.263 e. The Morgan fingerprint density at radius 1 is 1.21 bits per heavy atom. The zero-order chi connectivity index (χ0) is 19.3. The summed E-state index contributed by atoms with van der Waals surface area (Å²) in [5.74, 6) is 0.302. The normalized spacial score (nSPS) is 14.1. The lowest BCUT2D eigenvalue weighted by atomic mass is 10.2. The Labute approximate surface area is 166 Å². The number of amides is 1. The molecule has 2 aromatic heterocycles. The number of morpholine rings is 1. The third-order valence-electron chi connectivity index (χ3n) is 4.43. The lowest BCUT2D eigenvalue weighted by molar-refractivity contribution is 0.0954. The number of aromatic nitrogens is 2. The molecule has 3 heterocycles. The van der Waals surface area contributed by atoms with Crippen LogP contribution in [-0.4, -0.2) is 42.2 Å². The molecule has 1 aliphatic rings. The second kappa shape index (κ2) is 8.45. The summed E-state index contributed by atoms with van der Waals surface area (Å²) in [4.78, 5) is 23.7. The van der Waals surface area contributed by atoms with Gasteiger partial charge in [-0.15, -0.1) is 11.3 Å². The highest BCUT2D eigenvalue weighted by Crippen LogP contribution is 2.27. The molecule has 1 amide bonds. The van der Waals surface area contributed by atoms with Crippen molar-refractivity contribution in [2.45, 2.75) is 6.54 Å². The first-order chi connectivity index (χ1) is 13.7. The van der Waals surface area contributed by atoms with E-state index in [4.69, 9.17) is 4.74 Å². The van der Waals surface area contributed by atoms with Gasteiger partial charge in [0.15, 0.2) is 0 Å². The number of hydrogen-bond acceptors (Lipinski definition) is 6. The molecule has 0 saturated carbocycles. The van der Waals surface area contributed by atoms with Crippen molar-refractivity contribution in [1.82, 2.24) is 15.3 Å². The van der Waals surface area contributed by atoms with Gasteiger partial charge in [-0.3, -0.25) is 4.79 Å². The Morgan fingerprint density at radius 3 is 2.86 bits per heavy atom. The standard InChI is InChI=1S/C20H19FN4O2S/c21-16-4-2-1-3-15(16)20-24-13-17(28-20)19(26)23-12-14-5-6-22-18(11-14)25-7-9-27-10-8-25/h1-6,11,13H,7-10,12H2,(H,23,26). The van der Waals surface area contributed by atoms with Gasteiger partial charge in [0.05, 0.1) is 19.4 Å². The molecule has 144 valence electrons. The fourth-order valence-electron chi connectivity index (χ4n) is 2.94. The molecule has 0 radical (unpaired) electrons. The van der Waals surface area contributed by atoms with Crippen molar-refractivity contribution in [1.29, 1.82) is 0 Å². The molecule has 0 aliphatic carbocycles. The summed E-state index contributed by atoms with van der Waals surface area (Å²) in [6.45, 7) is 3.38. The largest absolute Gasteiger partial charge is 0.378 e. The van der Waals surface area contributed by atoms with E-state index in [1.54, 1.807) is 24.4 Å². The molecule has 0 atom stereocenters. The number of rotatable bonds is 5. The highest BCUT2D eigenvalue weighted by Gasteiger charge is 2.15. The van der Waals surface area contributed by atoms with Crippen LogP contribution in [0.4, 0.5) is 10.2 Å². The molecule has 1 saturated heterocycles. The van der Waals surface area contributed by atoms with Gasteiger partial charge in [-0.1, -0.05) is 12.1 Å². The van der Waals surface area contributed by atoms with Crippen LogP contribution in [0.3, 0.4) is 0 Å². The number of nitrogens with zero attached hydrogens (tertiary/aromatic N) is 3. The van der Waals surface area contributed by atoms with Gasteiger partial charge in [0.2, 0.25) is 0 Å². The van der Waals surface area contributed by atoms with Gasteiger partial charge in [-0.2, -0.15) is 0 Å². The van der Waals surface area contributed by atoms with Crippen molar-refractivity contribution >= 4 is 23.1 Å². The molecular weight excluding hydrogens is 379 g/mol. The van der Waals surface area contributed by atoms with E-state index in [1.165, 1.54) is 23.6 Å². The first kappa shape index (κ1) is 18.5. The van der Waals surface area contributed by atoms with E-state index in [1.807, 2.05) is 12.1 Å². The molecule has 28 heavy (non-hydrogen) atoms. The SMILES string of the molecule is O=C(NCc1ccnc(N2CCOCC2)c1)c1cnc(-c2ccccc2F)s1. The molecule has 3 aromatic rings. The second-order valence-corrected chi connectivity index (χ2v) is 7.34.